The highest BCUT2D eigenvalue weighted by Crippen LogP contribution is 2.25. The second-order valence-corrected chi connectivity index (χ2v) is 5.66. The normalized spacial score (nSPS) is 19.3. The van der Waals surface area contributed by atoms with Crippen molar-refractivity contribution in [2.45, 2.75) is 32.2 Å². The van der Waals surface area contributed by atoms with E-state index in [1.807, 2.05) is 67.6 Å². The monoisotopic (exact) mass is 311 g/mol. The SMILES string of the molecule is CC(OC1CCOC(=O)N1Cc1ccccc1)c1ccccc1. The molecule has 0 saturated carbocycles. The minimum atomic E-state index is -0.314. The van der Waals surface area contributed by atoms with E-state index < -0.39 is 0 Å². The standard InChI is InChI=1S/C19H21NO3/c1-15(17-10-6-3-7-11-17)23-18-12-13-22-19(21)20(18)14-16-8-4-2-5-9-16/h2-11,15,18H,12-14H2,1H3. The first-order valence-electron chi connectivity index (χ1n) is 7.92. The number of amides is 1. The van der Waals surface area contributed by atoms with Crippen molar-refractivity contribution >= 4 is 6.09 Å². The number of nitrogens with zero attached hydrogens (tertiary/aromatic N) is 1. The Bertz CT molecular complexity index is 630. The fourth-order valence-electron chi connectivity index (χ4n) is 2.73. The van der Waals surface area contributed by atoms with Crippen LogP contribution in [-0.2, 0) is 16.0 Å². The highest BCUT2D eigenvalue weighted by atomic mass is 16.6. The van der Waals surface area contributed by atoms with Crippen LogP contribution in [0.5, 0.6) is 0 Å². The summed E-state index contributed by atoms with van der Waals surface area (Å²) in [5.41, 5.74) is 2.17. The Hall–Kier alpha value is -2.33. The molecule has 4 heteroatoms. The molecule has 1 heterocycles. The number of hydrogen-bond acceptors (Lipinski definition) is 3. The van der Waals surface area contributed by atoms with Gasteiger partial charge >= 0.3 is 6.09 Å². The molecular weight excluding hydrogens is 290 g/mol. The first-order chi connectivity index (χ1) is 11.2. The summed E-state index contributed by atoms with van der Waals surface area (Å²) in [7, 11) is 0. The van der Waals surface area contributed by atoms with E-state index in [1.54, 1.807) is 4.90 Å². The van der Waals surface area contributed by atoms with Gasteiger partial charge in [0.05, 0.1) is 19.3 Å². The van der Waals surface area contributed by atoms with E-state index in [1.165, 1.54) is 0 Å². The summed E-state index contributed by atoms with van der Waals surface area (Å²) in [5, 5.41) is 0. The van der Waals surface area contributed by atoms with Gasteiger partial charge in [0.2, 0.25) is 0 Å². The largest absolute Gasteiger partial charge is 0.449 e. The molecule has 0 aromatic heterocycles. The summed E-state index contributed by atoms with van der Waals surface area (Å²) in [6, 6.07) is 19.9. The zero-order chi connectivity index (χ0) is 16.1. The number of ether oxygens (including phenoxy) is 2. The lowest BCUT2D eigenvalue weighted by molar-refractivity contribution is -0.120. The Labute approximate surface area is 136 Å². The summed E-state index contributed by atoms with van der Waals surface area (Å²) in [5.74, 6) is 0. The molecule has 23 heavy (non-hydrogen) atoms. The van der Waals surface area contributed by atoms with E-state index in [0.717, 1.165) is 11.1 Å². The maximum Gasteiger partial charge on any atom is 0.412 e. The van der Waals surface area contributed by atoms with Gasteiger partial charge in [0, 0.05) is 6.42 Å². The van der Waals surface area contributed by atoms with Gasteiger partial charge in [0.15, 0.2) is 0 Å². The molecule has 1 amide bonds. The summed E-state index contributed by atoms with van der Waals surface area (Å²) < 4.78 is 11.3. The van der Waals surface area contributed by atoms with E-state index >= 15 is 0 Å². The Morgan fingerprint density at radius 1 is 1.13 bits per heavy atom. The molecule has 0 radical (unpaired) electrons. The van der Waals surface area contributed by atoms with Crippen molar-refractivity contribution in [1.82, 2.24) is 4.90 Å². The van der Waals surface area contributed by atoms with Crippen molar-refractivity contribution in [1.29, 1.82) is 0 Å². The minimum absolute atomic E-state index is 0.0784. The van der Waals surface area contributed by atoms with Crippen LogP contribution in [0.2, 0.25) is 0 Å². The number of rotatable bonds is 5. The minimum Gasteiger partial charge on any atom is -0.449 e. The van der Waals surface area contributed by atoms with Crippen LogP contribution in [0.25, 0.3) is 0 Å². The molecule has 4 nitrogen and oxygen atoms in total. The van der Waals surface area contributed by atoms with E-state index in [-0.39, 0.29) is 18.4 Å². The van der Waals surface area contributed by atoms with Crippen LogP contribution in [0.1, 0.15) is 30.6 Å². The van der Waals surface area contributed by atoms with E-state index in [9.17, 15) is 4.79 Å². The predicted octanol–water partition coefficient (Wildman–Crippen LogP) is 4.13. The van der Waals surface area contributed by atoms with Crippen molar-refractivity contribution in [2.24, 2.45) is 0 Å². The van der Waals surface area contributed by atoms with Crippen molar-refractivity contribution in [3.63, 3.8) is 0 Å². The van der Waals surface area contributed by atoms with Gasteiger partial charge in [0.1, 0.15) is 6.23 Å². The summed E-state index contributed by atoms with van der Waals surface area (Å²) in [6.45, 7) is 2.90. The predicted molar refractivity (Wildman–Crippen MR) is 87.7 cm³/mol. The lowest BCUT2D eigenvalue weighted by Gasteiger charge is -2.36. The Morgan fingerprint density at radius 3 is 2.48 bits per heavy atom. The molecular formula is C19H21NO3. The smallest absolute Gasteiger partial charge is 0.412 e. The zero-order valence-electron chi connectivity index (χ0n) is 13.2. The van der Waals surface area contributed by atoms with Gasteiger partial charge in [-0.25, -0.2) is 4.79 Å². The van der Waals surface area contributed by atoms with Gasteiger partial charge < -0.3 is 9.47 Å². The van der Waals surface area contributed by atoms with Crippen molar-refractivity contribution in [2.75, 3.05) is 6.61 Å². The van der Waals surface area contributed by atoms with Crippen molar-refractivity contribution in [3.8, 4) is 0 Å². The molecule has 2 aromatic carbocycles. The third-order valence-corrected chi connectivity index (χ3v) is 4.00. The third kappa shape index (κ3) is 3.90. The van der Waals surface area contributed by atoms with Crippen LogP contribution in [0.4, 0.5) is 4.79 Å². The van der Waals surface area contributed by atoms with Gasteiger partial charge in [-0.2, -0.15) is 0 Å². The van der Waals surface area contributed by atoms with Crippen molar-refractivity contribution < 1.29 is 14.3 Å². The van der Waals surface area contributed by atoms with Gasteiger partial charge in [-0.3, -0.25) is 4.90 Å². The zero-order valence-corrected chi connectivity index (χ0v) is 13.2. The molecule has 1 aliphatic rings. The van der Waals surface area contributed by atoms with Gasteiger partial charge in [-0.05, 0) is 18.1 Å². The molecule has 0 aliphatic carbocycles. The molecule has 0 N–H and O–H groups in total. The molecule has 2 atom stereocenters. The molecule has 2 aromatic rings. The summed E-state index contributed by atoms with van der Waals surface area (Å²) in [6.07, 6.45) is 0.0119. The fourth-order valence-corrected chi connectivity index (χ4v) is 2.73. The lowest BCUT2D eigenvalue weighted by atomic mass is 10.1. The molecule has 0 bridgehead atoms. The number of carbonyl (C=O) groups is 1. The first kappa shape index (κ1) is 15.6. The highest BCUT2D eigenvalue weighted by molar-refractivity contribution is 5.68. The van der Waals surface area contributed by atoms with Crippen LogP contribution in [0.15, 0.2) is 60.7 Å². The maximum absolute atomic E-state index is 12.2. The first-order valence-corrected chi connectivity index (χ1v) is 7.92. The average molecular weight is 311 g/mol. The fraction of sp³-hybridized carbons (Fsp3) is 0.316. The second kappa shape index (κ2) is 7.29. The Morgan fingerprint density at radius 2 is 1.78 bits per heavy atom. The Balaban J connectivity index is 1.71. The molecule has 120 valence electrons. The van der Waals surface area contributed by atoms with Crippen LogP contribution >= 0.6 is 0 Å². The van der Waals surface area contributed by atoms with E-state index in [2.05, 4.69) is 0 Å². The molecule has 1 fully saturated rings. The maximum atomic E-state index is 12.2. The lowest BCUT2D eigenvalue weighted by Crippen LogP contribution is -2.46. The molecule has 0 spiro atoms. The average Bonchev–Trinajstić information content (AvgIpc) is 2.59. The van der Waals surface area contributed by atoms with Gasteiger partial charge in [-0.15, -0.1) is 0 Å². The second-order valence-electron chi connectivity index (χ2n) is 5.66. The van der Waals surface area contributed by atoms with Crippen LogP contribution in [0, 0.1) is 0 Å². The molecule has 1 aliphatic heterocycles. The van der Waals surface area contributed by atoms with Gasteiger partial charge in [-0.1, -0.05) is 60.7 Å². The highest BCUT2D eigenvalue weighted by Gasteiger charge is 2.31. The summed E-state index contributed by atoms with van der Waals surface area (Å²) >= 11 is 0. The van der Waals surface area contributed by atoms with Crippen LogP contribution in [-0.4, -0.2) is 23.8 Å². The molecule has 1 saturated heterocycles. The summed E-state index contributed by atoms with van der Waals surface area (Å²) in [4.78, 5) is 13.8. The van der Waals surface area contributed by atoms with E-state index in [4.69, 9.17) is 9.47 Å². The topological polar surface area (TPSA) is 38.8 Å². The molecule has 3 rings (SSSR count). The van der Waals surface area contributed by atoms with Crippen LogP contribution < -0.4 is 0 Å². The number of hydrogen-bond donors (Lipinski definition) is 0. The van der Waals surface area contributed by atoms with Crippen LogP contribution in [0.3, 0.4) is 0 Å². The quantitative estimate of drug-likeness (QED) is 0.833. The van der Waals surface area contributed by atoms with Crippen molar-refractivity contribution in [3.05, 3.63) is 71.8 Å². The van der Waals surface area contributed by atoms with Gasteiger partial charge in [0.25, 0.3) is 0 Å². The third-order valence-electron chi connectivity index (χ3n) is 4.00. The number of cyclic esters (lactones) is 1. The number of carbonyl (C=O) groups excluding carboxylic acids is 1. The number of benzene rings is 2. The molecule has 2 unspecified atom stereocenters. The Kier molecular flexibility index (Phi) is 4.93. The van der Waals surface area contributed by atoms with E-state index in [0.29, 0.717) is 19.6 Å².